The van der Waals surface area contributed by atoms with Gasteiger partial charge in [0.2, 0.25) is 5.52 Å². The Labute approximate surface area is 86.2 Å². The van der Waals surface area contributed by atoms with Gasteiger partial charge in [0, 0.05) is 29.2 Å². The monoisotopic (exact) mass is 196 g/mol. The fraction of sp³-hybridized carbons (Fsp3) is 0. The van der Waals surface area contributed by atoms with Crippen LogP contribution in [-0.4, -0.2) is 4.98 Å². The van der Waals surface area contributed by atoms with Crippen molar-refractivity contribution in [3.05, 3.63) is 54.1 Å². The predicted molar refractivity (Wildman–Crippen MR) is 58.2 cm³/mol. The zero-order chi connectivity index (χ0) is 10.3. The van der Waals surface area contributed by atoms with Crippen LogP contribution in [0, 0.1) is 5.21 Å². The van der Waals surface area contributed by atoms with Crippen molar-refractivity contribution in [1.29, 1.82) is 0 Å². The Morgan fingerprint density at radius 3 is 2.87 bits per heavy atom. The lowest BCUT2D eigenvalue weighted by molar-refractivity contribution is -0.576. The summed E-state index contributed by atoms with van der Waals surface area (Å²) in [7, 11) is 0. The van der Waals surface area contributed by atoms with E-state index in [9.17, 15) is 5.21 Å². The van der Waals surface area contributed by atoms with Gasteiger partial charge in [0.1, 0.15) is 0 Å². The highest BCUT2D eigenvalue weighted by Crippen LogP contribution is 2.20. The summed E-state index contributed by atoms with van der Waals surface area (Å²) in [5.41, 5.74) is 0.706. The van der Waals surface area contributed by atoms with Gasteiger partial charge in [-0.1, -0.05) is 6.07 Å². The van der Waals surface area contributed by atoms with E-state index in [1.807, 2.05) is 24.3 Å². The molecule has 0 aliphatic carbocycles. The van der Waals surface area contributed by atoms with Crippen molar-refractivity contribution >= 4 is 21.7 Å². The molecule has 0 aliphatic rings. The van der Waals surface area contributed by atoms with Gasteiger partial charge in [0.25, 0.3) is 0 Å². The third-order valence-corrected chi connectivity index (χ3v) is 2.54. The van der Waals surface area contributed by atoms with Crippen LogP contribution in [0.5, 0.6) is 0 Å². The molecule has 0 unspecified atom stereocenters. The van der Waals surface area contributed by atoms with Crippen molar-refractivity contribution in [2.24, 2.45) is 0 Å². The molecule has 2 heterocycles. The molecule has 0 N–H and O–H groups in total. The Morgan fingerprint density at radius 1 is 1.07 bits per heavy atom. The van der Waals surface area contributed by atoms with E-state index in [-0.39, 0.29) is 0 Å². The van der Waals surface area contributed by atoms with Crippen molar-refractivity contribution in [2.75, 3.05) is 0 Å². The summed E-state index contributed by atoms with van der Waals surface area (Å²) in [6.45, 7) is 0. The molecule has 0 atom stereocenters. The van der Waals surface area contributed by atoms with E-state index in [0.29, 0.717) is 5.52 Å². The second-order valence-electron chi connectivity index (χ2n) is 3.43. The molecule has 72 valence electrons. The summed E-state index contributed by atoms with van der Waals surface area (Å²) in [4.78, 5) is 4.04. The van der Waals surface area contributed by atoms with Gasteiger partial charge in [-0.3, -0.25) is 4.98 Å². The second-order valence-corrected chi connectivity index (χ2v) is 3.43. The van der Waals surface area contributed by atoms with E-state index in [0.717, 1.165) is 20.9 Å². The maximum Gasteiger partial charge on any atom is 0.231 e. The molecule has 1 aromatic carbocycles. The first-order valence-corrected chi connectivity index (χ1v) is 4.71. The van der Waals surface area contributed by atoms with E-state index in [2.05, 4.69) is 4.98 Å². The molecule has 3 nitrogen and oxygen atoms in total. The summed E-state index contributed by atoms with van der Waals surface area (Å²) in [6, 6.07) is 9.47. The molecule has 3 heteroatoms. The van der Waals surface area contributed by atoms with Gasteiger partial charge in [-0.2, -0.15) is 4.73 Å². The highest BCUT2D eigenvalue weighted by Gasteiger charge is 2.07. The average Bonchev–Trinajstić information content (AvgIpc) is 2.29. The lowest BCUT2D eigenvalue weighted by atomic mass is 10.1. The number of rotatable bonds is 0. The van der Waals surface area contributed by atoms with E-state index in [1.54, 1.807) is 18.5 Å². The summed E-state index contributed by atoms with van der Waals surface area (Å²) in [5, 5.41) is 14.6. The number of nitrogens with zero attached hydrogens (tertiary/aromatic N) is 2. The maximum atomic E-state index is 11.7. The molecule has 0 saturated carbocycles. The SMILES string of the molecule is [O-][n+]1cccc2ccc3cnccc3c21. The van der Waals surface area contributed by atoms with Gasteiger partial charge < -0.3 is 5.21 Å². The molecule has 0 radical (unpaired) electrons. The van der Waals surface area contributed by atoms with E-state index in [1.165, 1.54) is 6.20 Å². The van der Waals surface area contributed by atoms with E-state index >= 15 is 0 Å². The fourth-order valence-corrected chi connectivity index (χ4v) is 1.85. The third kappa shape index (κ3) is 1.13. The summed E-state index contributed by atoms with van der Waals surface area (Å²) in [5.74, 6) is 0. The van der Waals surface area contributed by atoms with Gasteiger partial charge in [0.15, 0.2) is 6.20 Å². The number of hydrogen-bond donors (Lipinski definition) is 0. The molecule has 3 aromatic rings. The normalized spacial score (nSPS) is 10.9. The first-order chi connectivity index (χ1) is 7.36. The standard InChI is InChI=1S/C12H8N2O/c15-14-7-1-2-9-3-4-10-8-13-6-5-11(10)12(9)14/h1-8H. The molecule has 0 fully saturated rings. The topological polar surface area (TPSA) is 39.8 Å². The van der Waals surface area contributed by atoms with E-state index < -0.39 is 0 Å². The number of fused-ring (bicyclic) bond motifs is 3. The lowest BCUT2D eigenvalue weighted by Gasteiger charge is -2.03. The molecule has 2 aromatic heterocycles. The van der Waals surface area contributed by atoms with Crippen molar-refractivity contribution in [3.8, 4) is 0 Å². The van der Waals surface area contributed by atoms with Crippen molar-refractivity contribution in [1.82, 2.24) is 4.98 Å². The van der Waals surface area contributed by atoms with Crippen LogP contribution >= 0.6 is 0 Å². The molecular formula is C12H8N2O. The van der Waals surface area contributed by atoms with Crippen LogP contribution in [0.15, 0.2) is 48.9 Å². The predicted octanol–water partition coefficient (Wildman–Crippen LogP) is 2.02. The van der Waals surface area contributed by atoms with Crippen molar-refractivity contribution in [3.63, 3.8) is 0 Å². The molecular weight excluding hydrogens is 188 g/mol. The number of hydrogen-bond acceptors (Lipinski definition) is 2. The Morgan fingerprint density at radius 2 is 1.93 bits per heavy atom. The Kier molecular flexibility index (Phi) is 1.59. The number of pyridine rings is 2. The minimum Gasteiger partial charge on any atom is -0.618 e. The van der Waals surface area contributed by atoms with Gasteiger partial charge in [-0.15, -0.1) is 0 Å². The molecule has 0 amide bonds. The van der Waals surface area contributed by atoms with Gasteiger partial charge in [0.05, 0.1) is 5.39 Å². The van der Waals surface area contributed by atoms with Gasteiger partial charge in [-0.25, -0.2) is 0 Å². The van der Waals surface area contributed by atoms with Crippen molar-refractivity contribution in [2.45, 2.75) is 0 Å². The van der Waals surface area contributed by atoms with Gasteiger partial charge in [-0.05, 0) is 18.2 Å². The smallest absolute Gasteiger partial charge is 0.231 e. The number of benzene rings is 1. The molecule has 0 saturated heterocycles. The molecule has 0 spiro atoms. The maximum absolute atomic E-state index is 11.7. The molecule has 0 bridgehead atoms. The quantitative estimate of drug-likeness (QED) is 0.313. The highest BCUT2D eigenvalue weighted by atomic mass is 16.5. The minimum absolute atomic E-state index is 0.706. The van der Waals surface area contributed by atoms with Gasteiger partial charge >= 0.3 is 0 Å². The zero-order valence-corrected chi connectivity index (χ0v) is 7.92. The Hall–Kier alpha value is -2.16. The van der Waals surface area contributed by atoms with Crippen LogP contribution in [-0.2, 0) is 0 Å². The molecule has 15 heavy (non-hydrogen) atoms. The van der Waals surface area contributed by atoms with Crippen LogP contribution in [0.25, 0.3) is 21.7 Å². The van der Waals surface area contributed by atoms with Crippen LogP contribution in [0.4, 0.5) is 0 Å². The van der Waals surface area contributed by atoms with Crippen molar-refractivity contribution < 1.29 is 4.73 Å². The van der Waals surface area contributed by atoms with Crippen LogP contribution < -0.4 is 4.73 Å². The van der Waals surface area contributed by atoms with Crippen LogP contribution in [0.2, 0.25) is 0 Å². The summed E-state index contributed by atoms with van der Waals surface area (Å²) >= 11 is 0. The largest absolute Gasteiger partial charge is 0.618 e. The second kappa shape index (κ2) is 2.92. The molecule has 0 aliphatic heterocycles. The van der Waals surface area contributed by atoms with Crippen LogP contribution in [0.1, 0.15) is 0 Å². The molecule has 3 rings (SSSR count). The minimum atomic E-state index is 0.706. The average molecular weight is 196 g/mol. The van der Waals surface area contributed by atoms with E-state index in [4.69, 9.17) is 0 Å². The summed E-state index contributed by atoms with van der Waals surface area (Å²) in [6.07, 6.45) is 4.98. The highest BCUT2D eigenvalue weighted by molar-refractivity contribution is 6.02. The lowest BCUT2D eigenvalue weighted by Crippen LogP contribution is -2.25. The fourth-order valence-electron chi connectivity index (χ4n) is 1.85. The number of aromatic nitrogens is 2. The first kappa shape index (κ1) is 8.17. The summed E-state index contributed by atoms with van der Waals surface area (Å²) < 4.78 is 0.900. The Balaban J connectivity index is 2.64. The zero-order valence-electron chi connectivity index (χ0n) is 7.92. The Bertz CT molecular complexity index is 649. The third-order valence-electron chi connectivity index (χ3n) is 2.54. The first-order valence-electron chi connectivity index (χ1n) is 4.71. The van der Waals surface area contributed by atoms with Crippen LogP contribution in [0.3, 0.4) is 0 Å².